The monoisotopic (exact) mass is 351 g/mol. The maximum atomic E-state index is 12.4. The molecule has 0 unspecified atom stereocenters. The number of pyridine rings is 1. The summed E-state index contributed by atoms with van der Waals surface area (Å²) in [5.41, 5.74) is 1.22. The summed E-state index contributed by atoms with van der Waals surface area (Å²) in [6.45, 7) is 4.44. The van der Waals surface area contributed by atoms with Crippen molar-refractivity contribution >= 4 is 17.4 Å². The smallest absolute Gasteiger partial charge is 0.255 e. The first-order valence-corrected chi connectivity index (χ1v) is 8.40. The van der Waals surface area contributed by atoms with Gasteiger partial charge in [0.1, 0.15) is 17.3 Å². The number of anilines is 2. The molecule has 0 radical (unpaired) electrons. The Bertz CT molecular complexity index is 843. The van der Waals surface area contributed by atoms with Gasteiger partial charge in [-0.05, 0) is 62.4 Å². The second-order valence-corrected chi connectivity index (χ2v) is 6.01. The van der Waals surface area contributed by atoms with Crippen molar-refractivity contribution in [2.75, 3.05) is 10.6 Å². The summed E-state index contributed by atoms with van der Waals surface area (Å²) in [5, 5.41) is 6.00. The van der Waals surface area contributed by atoms with Gasteiger partial charge >= 0.3 is 0 Å². The molecule has 6 heteroatoms. The lowest BCUT2D eigenvalue weighted by atomic mass is 10.2. The summed E-state index contributed by atoms with van der Waals surface area (Å²) < 4.78 is 10.9. The molecule has 6 nitrogen and oxygen atoms in total. The molecule has 1 aromatic carbocycles. The molecule has 2 N–H and O–H groups in total. The molecule has 3 aromatic rings. The number of carbonyl (C=O) groups is 1. The van der Waals surface area contributed by atoms with Crippen molar-refractivity contribution in [3.05, 3.63) is 72.3 Å². The zero-order valence-electron chi connectivity index (χ0n) is 14.7. The van der Waals surface area contributed by atoms with Gasteiger partial charge in [-0.2, -0.15) is 0 Å². The van der Waals surface area contributed by atoms with E-state index in [1.165, 1.54) is 0 Å². The van der Waals surface area contributed by atoms with E-state index in [2.05, 4.69) is 15.6 Å². The van der Waals surface area contributed by atoms with Crippen molar-refractivity contribution in [2.45, 2.75) is 26.5 Å². The Kier molecular flexibility index (Phi) is 5.53. The highest BCUT2D eigenvalue weighted by Gasteiger charge is 2.08. The van der Waals surface area contributed by atoms with Crippen molar-refractivity contribution in [1.82, 2.24) is 4.98 Å². The van der Waals surface area contributed by atoms with Crippen LogP contribution in [0.5, 0.6) is 5.75 Å². The van der Waals surface area contributed by atoms with Crippen molar-refractivity contribution in [2.24, 2.45) is 0 Å². The number of ether oxygens (including phenoxy) is 1. The molecular weight excluding hydrogens is 330 g/mol. The average Bonchev–Trinajstić information content (AvgIpc) is 3.15. The number of nitrogens with one attached hydrogen (secondary N) is 2. The van der Waals surface area contributed by atoms with E-state index in [1.807, 2.05) is 50.2 Å². The molecule has 26 heavy (non-hydrogen) atoms. The van der Waals surface area contributed by atoms with E-state index in [1.54, 1.807) is 24.6 Å². The Balaban J connectivity index is 1.61. The maximum absolute atomic E-state index is 12.4. The Morgan fingerprint density at radius 1 is 1.19 bits per heavy atom. The van der Waals surface area contributed by atoms with Gasteiger partial charge in [-0.1, -0.05) is 0 Å². The highest BCUT2D eigenvalue weighted by atomic mass is 16.5. The molecule has 0 spiro atoms. The van der Waals surface area contributed by atoms with Gasteiger partial charge in [0, 0.05) is 17.4 Å². The van der Waals surface area contributed by atoms with E-state index < -0.39 is 0 Å². The van der Waals surface area contributed by atoms with E-state index >= 15 is 0 Å². The molecular formula is C20H21N3O3. The number of aromatic nitrogens is 1. The molecule has 2 aromatic heterocycles. The number of hydrogen-bond acceptors (Lipinski definition) is 5. The van der Waals surface area contributed by atoms with Crippen LogP contribution in [0.1, 0.15) is 30.0 Å². The second-order valence-electron chi connectivity index (χ2n) is 6.01. The minimum absolute atomic E-state index is 0.111. The van der Waals surface area contributed by atoms with Crippen LogP contribution in [0.3, 0.4) is 0 Å². The first-order chi connectivity index (χ1) is 12.6. The molecule has 3 rings (SSSR count). The summed E-state index contributed by atoms with van der Waals surface area (Å²) >= 11 is 0. The highest BCUT2D eigenvalue weighted by molar-refractivity contribution is 6.04. The molecule has 0 atom stereocenters. The predicted octanol–water partition coefficient (Wildman–Crippen LogP) is 4.33. The van der Waals surface area contributed by atoms with Crippen LogP contribution in [-0.4, -0.2) is 17.0 Å². The van der Waals surface area contributed by atoms with Crippen LogP contribution < -0.4 is 15.4 Å². The van der Waals surface area contributed by atoms with E-state index in [0.29, 0.717) is 23.6 Å². The van der Waals surface area contributed by atoms with E-state index in [4.69, 9.17) is 9.15 Å². The minimum atomic E-state index is -0.203. The van der Waals surface area contributed by atoms with Gasteiger partial charge in [-0.25, -0.2) is 4.98 Å². The molecule has 0 bridgehead atoms. The fraction of sp³-hybridized carbons (Fsp3) is 0.200. The summed E-state index contributed by atoms with van der Waals surface area (Å²) in [4.78, 5) is 16.7. The molecule has 0 aliphatic rings. The lowest BCUT2D eigenvalue weighted by Gasteiger charge is -2.11. The van der Waals surface area contributed by atoms with Gasteiger partial charge in [0.15, 0.2) is 0 Å². The molecule has 0 saturated carbocycles. The van der Waals surface area contributed by atoms with Gasteiger partial charge in [0.25, 0.3) is 5.91 Å². The van der Waals surface area contributed by atoms with Crippen molar-refractivity contribution in [3.8, 4) is 5.75 Å². The van der Waals surface area contributed by atoms with Crippen LogP contribution in [0.4, 0.5) is 11.5 Å². The predicted molar refractivity (Wildman–Crippen MR) is 100 cm³/mol. The Morgan fingerprint density at radius 3 is 2.69 bits per heavy atom. The number of furan rings is 1. The molecule has 134 valence electrons. The summed E-state index contributed by atoms with van der Waals surface area (Å²) in [7, 11) is 0. The molecule has 0 fully saturated rings. The third kappa shape index (κ3) is 4.86. The fourth-order valence-corrected chi connectivity index (χ4v) is 2.35. The Morgan fingerprint density at radius 2 is 2.00 bits per heavy atom. The fourth-order valence-electron chi connectivity index (χ4n) is 2.35. The van der Waals surface area contributed by atoms with E-state index in [-0.39, 0.29) is 12.0 Å². The number of hydrogen-bond donors (Lipinski definition) is 2. The van der Waals surface area contributed by atoms with Crippen molar-refractivity contribution in [3.63, 3.8) is 0 Å². The quantitative estimate of drug-likeness (QED) is 0.663. The van der Waals surface area contributed by atoms with Crippen LogP contribution >= 0.6 is 0 Å². The Hall–Kier alpha value is -3.28. The van der Waals surface area contributed by atoms with Crippen LogP contribution in [-0.2, 0) is 6.54 Å². The third-order valence-corrected chi connectivity index (χ3v) is 3.53. The standard InChI is InChI=1S/C20H21N3O3/c1-14(2)26-17-7-5-16(6-8-17)23-20(24)15-9-10-21-19(12-15)22-13-18-4-3-11-25-18/h3-12,14H,13H2,1-2H3,(H,21,22)(H,23,24). The molecule has 0 aliphatic carbocycles. The van der Waals surface area contributed by atoms with E-state index in [9.17, 15) is 4.79 Å². The molecule has 1 amide bonds. The number of benzene rings is 1. The first-order valence-electron chi connectivity index (χ1n) is 8.40. The zero-order valence-corrected chi connectivity index (χ0v) is 14.7. The first kappa shape index (κ1) is 17.5. The van der Waals surface area contributed by atoms with Gasteiger partial charge in [-0.3, -0.25) is 4.79 Å². The van der Waals surface area contributed by atoms with Crippen molar-refractivity contribution < 1.29 is 13.9 Å². The topological polar surface area (TPSA) is 76.4 Å². The van der Waals surface area contributed by atoms with Crippen molar-refractivity contribution in [1.29, 1.82) is 0 Å². The molecule has 0 saturated heterocycles. The largest absolute Gasteiger partial charge is 0.491 e. The number of rotatable bonds is 7. The minimum Gasteiger partial charge on any atom is -0.491 e. The summed E-state index contributed by atoms with van der Waals surface area (Å²) in [6, 6.07) is 14.4. The van der Waals surface area contributed by atoms with E-state index in [0.717, 1.165) is 11.5 Å². The van der Waals surface area contributed by atoms with Crippen LogP contribution in [0.25, 0.3) is 0 Å². The van der Waals surface area contributed by atoms with Gasteiger partial charge in [0.2, 0.25) is 0 Å². The summed E-state index contributed by atoms with van der Waals surface area (Å²) in [6.07, 6.45) is 3.32. The van der Waals surface area contributed by atoms with Crippen LogP contribution in [0.15, 0.2) is 65.4 Å². The lowest BCUT2D eigenvalue weighted by Crippen LogP contribution is -2.13. The Labute approximate surface area is 152 Å². The molecule has 2 heterocycles. The van der Waals surface area contributed by atoms with Gasteiger partial charge in [-0.15, -0.1) is 0 Å². The normalized spacial score (nSPS) is 10.6. The third-order valence-electron chi connectivity index (χ3n) is 3.53. The SMILES string of the molecule is CC(C)Oc1ccc(NC(=O)c2ccnc(NCc3ccco3)c2)cc1. The average molecular weight is 351 g/mol. The molecule has 0 aliphatic heterocycles. The highest BCUT2D eigenvalue weighted by Crippen LogP contribution is 2.18. The zero-order chi connectivity index (χ0) is 18.4. The summed E-state index contributed by atoms with van der Waals surface area (Å²) in [5.74, 6) is 1.97. The number of nitrogens with zero attached hydrogens (tertiary/aromatic N) is 1. The van der Waals surface area contributed by atoms with Crippen LogP contribution in [0, 0.1) is 0 Å². The van der Waals surface area contributed by atoms with Gasteiger partial charge < -0.3 is 19.8 Å². The maximum Gasteiger partial charge on any atom is 0.255 e. The second kappa shape index (κ2) is 8.20. The lowest BCUT2D eigenvalue weighted by molar-refractivity contribution is 0.102. The van der Waals surface area contributed by atoms with Gasteiger partial charge in [0.05, 0.1) is 18.9 Å². The number of amides is 1. The van der Waals surface area contributed by atoms with Crippen LogP contribution in [0.2, 0.25) is 0 Å². The number of carbonyl (C=O) groups excluding carboxylic acids is 1.